The van der Waals surface area contributed by atoms with Crippen LogP contribution < -0.4 is 0 Å². The summed E-state index contributed by atoms with van der Waals surface area (Å²) in [5, 5.41) is 0. The van der Waals surface area contributed by atoms with E-state index in [9.17, 15) is 9.59 Å². The molecule has 0 radical (unpaired) electrons. The maximum Gasteiger partial charge on any atom is 0.299 e. The monoisotopic (exact) mass is 196 g/mol. The Labute approximate surface area is 73.3 Å². The van der Waals surface area contributed by atoms with Gasteiger partial charge in [0.05, 0.1) is 0 Å². The molecular formula is C6H12O5S. The van der Waals surface area contributed by atoms with Crippen molar-refractivity contribution in [2.75, 3.05) is 0 Å². The second kappa shape index (κ2) is 10.4. The normalized spacial score (nSPS) is 9.08. The fraction of sp³-hybridized carbons (Fsp3) is 0.667. The summed E-state index contributed by atoms with van der Waals surface area (Å²) in [5.41, 5.74) is 0. The number of rotatable bonds is 4. The van der Waals surface area contributed by atoms with Crippen molar-refractivity contribution in [1.29, 1.82) is 0 Å². The summed E-state index contributed by atoms with van der Waals surface area (Å²) < 4.78 is 22.8. The van der Waals surface area contributed by atoms with E-state index in [1.807, 2.05) is 6.92 Å². The zero-order valence-electron chi connectivity index (χ0n) is 6.67. The van der Waals surface area contributed by atoms with Crippen molar-refractivity contribution in [3.05, 3.63) is 0 Å². The number of carbonyl (C=O) groups excluding carboxylic acids is 2. The zero-order chi connectivity index (χ0) is 9.98. The summed E-state index contributed by atoms with van der Waals surface area (Å²) in [6.07, 6.45) is 2.68. The fourth-order valence-corrected chi connectivity index (χ4v) is 0.425. The van der Waals surface area contributed by atoms with E-state index in [0.717, 1.165) is 12.6 Å². The summed E-state index contributed by atoms with van der Waals surface area (Å²) in [6, 6.07) is 0. The Morgan fingerprint density at radius 1 is 1.25 bits per heavy atom. The molecule has 0 saturated heterocycles. The Hall–Kier alpha value is -0.590. The average Bonchev–Trinajstić information content (AvgIpc) is 1.87. The highest BCUT2D eigenvalue weighted by Crippen LogP contribution is 2.00. The third-order valence-corrected chi connectivity index (χ3v) is 0.997. The van der Waals surface area contributed by atoms with Gasteiger partial charge in [0, 0.05) is 12.8 Å². The number of hydrogen-bond acceptors (Lipinski definition) is 3. The molecule has 72 valence electrons. The van der Waals surface area contributed by atoms with Gasteiger partial charge >= 0.3 is 0 Å². The first-order chi connectivity index (χ1) is 5.54. The van der Waals surface area contributed by atoms with Crippen LogP contribution in [-0.2, 0) is 21.0 Å². The zero-order valence-corrected chi connectivity index (χ0v) is 7.49. The Kier molecular flexibility index (Phi) is 12.1. The molecule has 0 aromatic rings. The van der Waals surface area contributed by atoms with Gasteiger partial charge in [-0.05, 0) is 5.92 Å². The van der Waals surface area contributed by atoms with Gasteiger partial charge in [0.2, 0.25) is 0 Å². The lowest BCUT2D eigenvalue weighted by Crippen LogP contribution is -1.94. The van der Waals surface area contributed by atoms with Crippen LogP contribution in [-0.4, -0.2) is 25.9 Å². The molecule has 0 spiro atoms. The summed E-state index contributed by atoms with van der Waals surface area (Å²) in [5.74, 6) is 0.227. The molecule has 0 aliphatic heterocycles. The van der Waals surface area contributed by atoms with E-state index in [2.05, 4.69) is 0 Å². The fourth-order valence-electron chi connectivity index (χ4n) is 0.425. The van der Waals surface area contributed by atoms with Crippen LogP contribution in [0.3, 0.4) is 0 Å². The molecular weight excluding hydrogens is 184 g/mol. The minimum Gasteiger partial charge on any atom is -0.303 e. The summed E-state index contributed by atoms with van der Waals surface area (Å²) in [4.78, 5) is 19.5. The highest BCUT2D eigenvalue weighted by molar-refractivity contribution is 7.73. The maximum atomic E-state index is 9.77. The SMILES string of the molecule is CC(CC=O)CC=O.O=S(O)O. The molecule has 0 aromatic carbocycles. The van der Waals surface area contributed by atoms with E-state index in [1.54, 1.807) is 0 Å². The summed E-state index contributed by atoms with van der Waals surface area (Å²) in [6.45, 7) is 1.88. The van der Waals surface area contributed by atoms with Crippen LogP contribution in [0.5, 0.6) is 0 Å². The van der Waals surface area contributed by atoms with Gasteiger partial charge < -0.3 is 9.59 Å². The van der Waals surface area contributed by atoms with Crippen molar-refractivity contribution in [3.8, 4) is 0 Å². The molecule has 5 nitrogen and oxygen atoms in total. The van der Waals surface area contributed by atoms with Crippen LogP contribution in [0.2, 0.25) is 0 Å². The van der Waals surface area contributed by atoms with E-state index in [4.69, 9.17) is 13.3 Å². The van der Waals surface area contributed by atoms with Crippen molar-refractivity contribution in [2.45, 2.75) is 19.8 Å². The Balaban J connectivity index is 0. The lowest BCUT2D eigenvalue weighted by molar-refractivity contribution is -0.110. The number of aldehydes is 2. The smallest absolute Gasteiger partial charge is 0.299 e. The quantitative estimate of drug-likeness (QED) is 0.504. The van der Waals surface area contributed by atoms with Gasteiger partial charge in [-0.15, -0.1) is 0 Å². The van der Waals surface area contributed by atoms with Gasteiger partial charge in [0.25, 0.3) is 11.4 Å². The van der Waals surface area contributed by atoms with Gasteiger partial charge in [-0.3, -0.25) is 9.11 Å². The highest BCUT2D eigenvalue weighted by atomic mass is 32.2. The molecule has 0 saturated carbocycles. The molecule has 0 amide bonds. The lowest BCUT2D eigenvalue weighted by atomic mass is 10.1. The highest BCUT2D eigenvalue weighted by Gasteiger charge is 1.96. The Bertz CT molecular complexity index is 133. The van der Waals surface area contributed by atoms with Gasteiger partial charge in [0.15, 0.2) is 0 Å². The van der Waals surface area contributed by atoms with E-state index in [1.165, 1.54) is 0 Å². The molecule has 12 heavy (non-hydrogen) atoms. The molecule has 0 unspecified atom stereocenters. The average molecular weight is 196 g/mol. The number of carbonyl (C=O) groups is 2. The molecule has 0 atom stereocenters. The minimum absolute atomic E-state index is 0.227. The van der Waals surface area contributed by atoms with E-state index < -0.39 is 11.4 Å². The molecule has 0 heterocycles. The molecule has 0 aliphatic rings. The third kappa shape index (κ3) is 22.7. The van der Waals surface area contributed by atoms with Crippen molar-refractivity contribution in [2.24, 2.45) is 5.92 Å². The first-order valence-corrected chi connectivity index (χ1v) is 4.28. The van der Waals surface area contributed by atoms with Crippen LogP contribution >= 0.6 is 0 Å². The van der Waals surface area contributed by atoms with E-state index >= 15 is 0 Å². The minimum atomic E-state index is -2.61. The van der Waals surface area contributed by atoms with Gasteiger partial charge in [0.1, 0.15) is 12.6 Å². The van der Waals surface area contributed by atoms with Crippen LogP contribution in [0, 0.1) is 5.92 Å². The Morgan fingerprint density at radius 3 is 1.67 bits per heavy atom. The summed E-state index contributed by atoms with van der Waals surface area (Å²) >= 11 is -2.61. The van der Waals surface area contributed by atoms with Gasteiger partial charge in [-0.1, -0.05) is 6.92 Å². The molecule has 6 heteroatoms. The predicted octanol–water partition coefficient (Wildman–Crippen LogP) is 0.482. The third-order valence-electron chi connectivity index (χ3n) is 0.997. The second-order valence-corrected chi connectivity index (χ2v) is 2.60. The largest absolute Gasteiger partial charge is 0.303 e. The topological polar surface area (TPSA) is 91.7 Å². The van der Waals surface area contributed by atoms with Crippen molar-refractivity contribution in [3.63, 3.8) is 0 Å². The van der Waals surface area contributed by atoms with Crippen LogP contribution in [0.4, 0.5) is 0 Å². The van der Waals surface area contributed by atoms with Crippen molar-refractivity contribution >= 4 is 23.9 Å². The first-order valence-electron chi connectivity index (χ1n) is 3.21. The molecule has 0 fully saturated rings. The maximum absolute atomic E-state index is 9.77. The molecule has 0 bridgehead atoms. The van der Waals surface area contributed by atoms with Gasteiger partial charge in [-0.2, -0.15) is 4.21 Å². The lowest BCUT2D eigenvalue weighted by Gasteiger charge is -1.97. The van der Waals surface area contributed by atoms with Crippen LogP contribution in [0.15, 0.2) is 0 Å². The molecule has 0 rings (SSSR count). The molecule has 0 aromatic heterocycles. The molecule has 2 N–H and O–H groups in total. The van der Waals surface area contributed by atoms with Crippen LogP contribution in [0.1, 0.15) is 19.8 Å². The predicted molar refractivity (Wildman–Crippen MR) is 43.9 cm³/mol. The second-order valence-electron chi connectivity index (χ2n) is 2.14. The first kappa shape index (κ1) is 14.0. The summed E-state index contributed by atoms with van der Waals surface area (Å²) in [7, 11) is 0. The van der Waals surface area contributed by atoms with E-state index in [-0.39, 0.29) is 5.92 Å². The number of hydrogen-bond donors (Lipinski definition) is 2. The van der Waals surface area contributed by atoms with E-state index in [0.29, 0.717) is 12.8 Å². The van der Waals surface area contributed by atoms with Gasteiger partial charge in [-0.25, -0.2) is 0 Å². The van der Waals surface area contributed by atoms with Crippen LogP contribution in [0.25, 0.3) is 0 Å². The van der Waals surface area contributed by atoms with Crippen molar-refractivity contribution < 1.29 is 22.9 Å². The molecule has 0 aliphatic carbocycles. The van der Waals surface area contributed by atoms with Crippen molar-refractivity contribution in [1.82, 2.24) is 0 Å². The Morgan fingerprint density at radius 2 is 1.50 bits per heavy atom. The standard InChI is InChI=1S/C6H10O2.H2O3S/c1-6(2-4-7)3-5-8;1-4(2)3/h4-6H,2-3H2,1H3;(H2,1,2,3).